The van der Waals surface area contributed by atoms with Gasteiger partial charge in [0, 0.05) is 25.7 Å². The Morgan fingerprint density at radius 1 is 0.260 bits per heavy atom. The van der Waals surface area contributed by atoms with Crippen LogP contribution in [0.4, 0.5) is 171 Å². The van der Waals surface area contributed by atoms with Gasteiger partial charge in [-0.25, -0.2) is 0 Å². The number of hydrogen-bond acceptors (Lipinski definition) is 0. The van der Waals surface area contributed by atoms with Crippen LogP contribution in [0.25, 0.3) is 0 Å². The highest BCUT2D eigenvalue weighted by Crippen LogP contribution is 2.47. The summed E-state index contributed by atoms with van der Waals surface area (Å²) in [7, 11) is 0. The Morgan fingerprint density at radius 2 is 0.606 bits per heavy atom. The lowest BCUT2D eigenvalue weighted by Crippen LogP contribution is -2.37. The van der Waals surface area contributed by atoms with Gasteiger partial charge in [-0.15, -0.1) is 0 Å². The Hall–Kier alpha value is -2.73. The van der Waals surface area contributed by atoms with Gasteiger partial charge >= 0.3 is 80.3 Å². The van der Waals surface area contributed by atoms with Crippen LogP contribution in [0.2, 0.25) is 0 Å². The zero-order valence-corrected chi connectivity index (χ0v) is 81.6. The van der Waals surface area contributed by atoms with Crippen LogP contribution in [0.3, 0.4) is 0 Å². The second-order valence-electron chi connectivity index (χ2n) is 36.4. The van der Waals surface area contributed by atoms with Gasteiger partial charge in [-0.1, -0.05) is 338 Å². The number of hydrogen-bond donors (Lipinski definition) is 0. The van der Waals surface area contributed by atoms with E-state index in [1.165, 1.54) is 95.4 Å². The summed E-state index contributed by atoms with van der Waals surface area (Å²) in [6.45, 7) is 55.5. The van der Waals surface area contributed by atoms with Gasteiger partial charge in [0.25, 0.3) is 0 Å². The van der Waals surface area contributed by atoms with Gasteiger partial charge in [0.15, 0.2) is 11.8 Å². The monoisotopic (exact) mass is 1960 g/mol. The largest absolute Gasteiger partial charge is 0.400 e. The van der Waals surface area contributed by atoms with Crippen molar-refractivity contribution in [3.63, 3.8) is 0 Å². The van der Waals surface area contributed by atoms with E-state index in [0.29, 0.717) is 63.2 Å². The van der Waals surface area contributed by atoms with E-state index in [1.54, 1.807) is 83.1 Å². The van der Waals surface area contributed by atoms with Crippen molar-refractivity contribution in [3.05, 3.63) is 0 Å². The first-order chi connectivity index (χ1) is 55.6. The molecule has 1 unspecified atom stereocenters. The fourth-order valence-corrected chi connectivity index (χ4v) is 8.09. The van der Waals surface area contributed by atoms with E-state index < -0.39 is 170 Å². The lowest BCUT2D eigenvalue weighted by molar-refractivity contribution is -0.288. The number of rotatable bonds is 28. The molecule has 0 heterocycles. The summed E-state index contributed by atoms with van der Waals surface area (Å²) < 4.78 is 460. The summed E-state index contributed by atoms with van der Waals surface area (Å²) in [6.07, 6.45) is -47.5. The van der Waals surface area contributed by atoms with Crippen LogP contribution in [0.1, 0.15) is 402 Å². The molecule has 0 aliphatic carbocycles. The van der Waals surface area contributed by atoms with E-state index in [-0.39, 0.29) is 55.8 Å². The second-order valence-corrected chi connectivity index (χ2v) is 36.4. The van der Waals surface area contributed by atoms with E-state index in [0.717, 1.165) is 31.6 Å². The molecular weight excluding hydrogens is 1800 g/mol. The normalized spacial score (nSPS) is 14.0. The third-order valence-electron chi connectivity index (χ3n) is 20.6. The summed E-state index contributed by atoms with van der Waals surface area (Å²) in [5.41, 5.74) is -4.65. The molecule has 0 nitrogen and oxygen atoms in total. The van der Waals surface area contributed by atoms with Gasteiger partial charge < -0.3 is 0 Å². The highest BCUT2D eigenvalue weighted by atomic mass is 19.5. The van der Waals surface area contributed by atoms with E-state index in [1.807, 2.05) is 20.8 Å². The summed E-state index contributed by atoms with van der Waals surface area (Å²) in [5, 5.41) is 0. The molecule has 0 aromatic carbocycles. The number of alkyl halides is 39. The maximum absolute atomic E-state index is 12.1. The topological polar surface area (TPSA) is 0 Å². The molecule has 0 spiro atoms. The molecule has 0 saturated carbocycles. The third kappa shape index (κ3) is 105. The molecule has 39 heteroatoms. The summed E-state index contributed by atoms with van der Waals surface area (Å²) in [6, 6.07) is 0. The van der Waals surface area contributed by atoms with Gasteiger partial charge in [-0.2, -0.15) is 171 Å². The fourth-order valence-electron chi connectivity index (χ4n) is 8.09. The highest BCUT2D eigenvalue weighted by molar-refractivity contribution is 4.81. The molecular formula is C88H163F39. The molecule has 0 radical (unpaired) electrons. The molecule has 0 N–H and O–H groups in total. The van der Waals surface area contributed by atoms with Crippen molar-refractivity contribution in [2.24, 2.45) is 86.3 Å². The fraction of sp³-hybridized carbons (Fsp3) is 1.00. The van der Waals surface area contributed by atoms with E-state index in [9.17, 15) is 171 Å². The molecule has 0 bridgehead atoms. The Kier molecular flexibility index (Phi) is 84.1. The molecule has 4 atom stereocenters. The second kappa shape index (κ2) is 70.0. The van der Waals surface area contributed by atoms with Crippen molar-refractivity contribution in [1.29, 1.82) is 0 Å². The number of halogens is 39. The quantitative estimate of drug-likeness (QED) is 0.0541. The Balaban J connectivity index is -0.000000101. The summed E-state index contributed by atoms with van der Waals surface area (Å²) in [5.74, 6) is -9.39. The Bertz CT molecular complexity index is 2350. The van der Waals surface area contributed by atoms with Crippen molar-refractivity contribution in [2.45, 2.75) is 482 Å². The Labute approximate surface area is 737 Å². The first-order valence-corrected chi connectivity index (χ1v) is 43.4. The minimum atomic E-state index is -5.19. The SMILES string of the molecule is CC(C)C(C)(C)C(F)(F)F.CC(C)CC(C(F)(F)F)C(F)(F)F.CCC(C)(C)C.CCC(C)(C)C(F)(F)F.CCC(C)(C)CC(F)(F)F.CCC(C)CC.CCC(CC)CC(F)(F)F.CCCC(C)(C)C(F)(F)F.CCCCC(C(F)(F)F)C(F)(F)F.CCCCCCC(F)(F)F.CCCC[C@H](C)C(F)(F)F.CCC[C@H](C)CC(F)(F)F.CC[C@H](C)C(C)C(F)(F)F. The van der Waals surface area contributed by atoms with Crippen molar-refractivity contribution < 1.29 is 171 Å². The van der Waals surface area contributed by atoms with Crippen LogP contribution in [-0.4, -0.2) is 80.3 Å². The van der Waals surface area contributed by atoms with E-state index >= 15 is 0 Å². The first kappa shape index (κ1) is 153. The highest BCUT2D eigenvalue weighted by Gasteiger charge is 2.57. The third-order valence-corrected chi connectivity index (χ3v) is 20.6. The minimum Gasteiger partial charge on any atom is -0.171 e. The van der Waals surface area contributed by atoms with Gasteiger partial charge in [0.2, 0.25) is 0 Å². The molecule has 0 aromatic heterocycles. The van der Waals surface area contributed by atoms with Gasteiger partial charge in [-0.05, 0) is 84.9 Å². The predicted molar refractivity (Wildman–Crippen MR) is 438 cm³/mol. The maximum Gasteiger partial charge on any atom is 0.400 e. The molecule has 788 valence electrons. The van der Waals surface area contributed by atoms with Crippen molar-refractivity contribution in [1.82, 2.24) is 0 Å². The predicted octanol–water partition coefficient (Wildman–Crippen LogP) is 42.4. The van der Waals surface area contributed by atoms with Crippen molar-refractivity contribution in [2.75, 3.05) is 0 Å². The molecule has 0 saturated heterocycles. The molecule has 0 aliphatic heterocycles. The van der Waals surface area contributed by atoms with E-state index in [2.05, 4.69) is 48.5 Å². The maximum atomic E-state index is 12.1. The molecule has 0 aliphatic rings. The summed E-state index contributed by atoms with van der Waals surface area (Å²) in [4.78, 5) is 0. The average molecular weight is 1960 g/mol. The molecule has 127 heavy (non-hydrogen) atoms. The average Bonchev–Trinajstić information content (AvgIpc) is 0.839. The van der Waals surface area contributed by atoms with Crippen LogP contribution in [-0.2, 0) is 0 Å². The summed E-state index contributed by atoms with van der Waals surface area (Å²) >= 11 is 0. The van der Waals surface area contributed by atoms with E-state index in [4.69, 9.17) is 0 Å². The van der Waals surface area contributed by atoms with Crippen molar-refractivity contribution >= 4 is 0 Å². The lowest BCUT2D eigenvalue weighted by Gasteiger charge is -2.31. The molecule has 0 amide bonds. The van der Waals surface area contributed by atoms with Crippen LogP contribution in [0.5, 0.6) is 0 Å². The van der Waals surface area contributed by atoms with Crippen molar-refractivity contribution in [3.8, 4) is 0 Å². The van der Waals surface area contributed by atoms with Crippen LogP contribution >= 0.6 is 0 Å². The van der Waals surface area contributed by atoms with Crippen LogP contribution in [0.15, 0.2) is 0 Å². The van der Waals surface area contributed by atoms with Gasteiger partial charge in [-0.3, -0.25) is 0 Å². The zero-order chi connectivity index (χ0) is 106. The lowest BCUT2D eigenvalue weighted by atomic mass is 9.81. The van der Waals surface area contributed by atoms with Gasteiger partial charge in [0.1, 0.15) is 0 Å². The van der Waals surface area contributed by atoms with Crippen LogP contribution < -0.4 is 0 Å². The smallest absolute Gasteiger partial charge is 0.171 e. The molecule has 0 aromatic rings. The molecule has 0 fully saturated rings. The standard InChI is InChI=1S/2C7H10F6.8C7H13F3.C6H11F3.2C6H14/c1-4(2)3-5(6(8,9)10)7(11,12)13;1-2-3-4-5(6(8,9)10)7(11,12)13;1-5(2)6(3,4)7(8,9)10;1-4-6(2,3)5-7(8,9)10;1-4-5-6(2,3)7(8,9)10;1-4-5(2)6(3)7(8,9)10;1-3-4-6(2)5-7(8,9)10;1-3-4-5-6(2)7(8,9)10;1-3-6(4-2)5-7(8,9)10;1-2-3-4-5-6-7(8,9)10;1-4-5(2,3)6(7,8)9;1-5-6(2,3)4;1-4-6(3)5-2/h4-5H,3H2,1-2H3;5H,2-4H2,1H3;5H,1-4H3;2*4-5H2,1-3H3;5-6H,4H2,1-3H3;3*6H,3-5H2,1-2H3;2-6H2,1H3;4H2,1-3H3;5H2,1-4H3;6H,4-5H2,1-3H3/t;;;;;5-,6?;2*6-;;;;;/m.....000...../s1. The Morgan fingerprint density at radius 3 is 0.748 bits per heavy atom. The van der Waals surface area contributed by atoms with Crippen LogP contribution in [0, 0.1) is 86.3 Å². The van der Waals surface area contributed by atoms with Gasteiger partial charge in [0.05, 0.1) is 28.1 Å². The first-order valence-electron chi connectivity index (χ1n) is 43.4. The zero-order valence-electron chi connectivity index (χ0n) is 81.6. The number of unbranched alkanes of at least 4 members (excludes halogenated alkanes) is 5. The minimum absolute atomic E-state index is 0.0658. The molecule has 0 rings (SSSR count).